The lowest BCUT2D eigenvalue weighted by Gasteiger charge is -2.39. The summed E-state index contributed by atoms with van der Waals surface area (Å²) in [6, 6.07) is 4.82. The van der Waals surface area contributed by atoms with Crippen LogP contribution in [0.5, 0.6) is 0 Å². The van der Waals surface area contributed by atoms with Gasteiger partial charge in [0.05, 0.1) is 4.92 Å². The van der Waals surface area contributed by atoms with Crippen LogP contribution in [0.25, 0.3) is 0 Å². The topological polar surface area (TPSA) is 82.0 Å². The molecule has 0 atom stereocenters. The van der Waals surface area contributed by atoms with E-state index in [1.54, 1.807) is 17.5 Å². The molecule has 190 valence electrons. The summed E-state index contributed by atoms with van der Waals surface area (Å²) < 4.78 is 0. The molecule has 1 aliphatic heterocycles. The van der Waals surface area contributed by atoms with Gasteiger partial charge in [0, 0.05) is 50.1 Å². The van der Waals surface area contributed by atoms with Gasteiger partial charge in [-0.3, -0.25) is 14.9 Å². The van der Waals surface area contributed by atoms with Crippen molar-refractivity contribution in [3.8, 4) is 0 Å². The Labute approximate surface area is 213 Å². The van der Waals surface area contributed by atoms with E-state index in [2.05, 4.69) is 46.1 Å². The van der Waals surface area contributed by atoms with Gasteiger partial charge in [-0.05, 0) is 82.2 Å². The third-order valence-electron chi connectivity index (χ3n) is 6.62. The first-order chi connectivity index (χ1) is 16.9. The van der Waals surface area contributed by atoms with Crippen LogP contribution in [-0.2, 0) is 0 Å². The lowest BCUT2D eigenvalue weighted by Crippen LogP contribution is -2.46. The molecular formula is C26H37N5O3S. The van der Waals surface area contributed by atoms with Crippen molar-refractivity contribution < 1.29 is 9.72 Å². The number of allylic oxidation sites excluding steroid dienone is 3. The zero-order chi connectivity index (χ0) is 25.2. The zero-order valence-corrected chi connectivity index (χ0v) is 21.7. The summed E-state index contributed by atoms with van der Waals surface area (Å²) in [6.07, 6.45) is 9.50. The molecule has 1 N–H and O–H groups in total. The van der Waals surface area contributed by atoms with Gasteiger partial charge in [-0.1, -0.05) is 24.4 Å². The molecule has 1 heterocycles. The molecule has 3 rings (SSSR count). The average Bonchev–Trinajstić information content (AvgIpc) is 2.86. The third kappa shape index (κ3) is 7.60. The highest BCUT2D eigenvalue weighted by atomic mass is 32.1. The number of amides is 1. The van der Waals surface area contributed by atoms with E-state index in [1.807, 2.05) is 0 Å². The monoisotopic (exact) mass is 499 g/mol. The predicted molar refractivity (Wildman–Crippen MR) is 145 cm³/mol. The average molecular weight is 500 g/mol. The maximum absolute atomic E-state index is 12.6. The Morgan fingerprint density at radius 2 is 1.83 bits per heavy atom. The Balaban J connectivity index is 1.54. The minimum Gasteiger partial charge on any atom is -0.368 e. The lowest BCUT2D eigenvalue weighted by molar-refractivity contribution is -0.384. The number of hydrogen-bond acceptors (Lipinski definition) is 7. The van der Waals surface area contributed by atoms with Gasteiger partial charge < -0.3 is 20.0 Å². The van der Waals surface area contributed by atoms with Crippen molar-refractivity contribution >= 4 is 34.9 Å². The standard InChI is InChI=1S/C26H37N5O3S/c1-21-8-3-4-9-23(21)29-15-17-30(18-16-29)24-11-10-22(20-25(24)31(33)34)26(32)27-12-7-14-28(2)13-5-6-19-35/h8-11,19-20H,3-7,12-18H2,1-2H3,(H,27,32). The van der Waals surface area contributed by atoms with Crippen LogP contribution in [0, 0.1) is 10.1 Å². The minimum atomic E-state index is -0.385. The number of piperazine rings is 1. The van der Waals surface area contributed by atoms with Crippen LogP contribution < -0.4 is 10.2 Å². The smallest absolute Gasteiger partial charge is 0.293 e. The number of nitrogens with zero attached hydrogens (tertiary/aromatic N) is 4. The van der Waals surface area contributed by atoms with Gasteiger partial charge in [0.15, 0.2) is 0 Å². The number of anilines is 1. The second kappa shape index (κ2) is 13.3. The molecule has 0 spiro atoms. The second-order valence-electron chi connectivity index (χ2n) is 9.21. The van der Waals surface area contributed by atoms with Gasteiger partial charge >= 0.3 is 0 Å². The van der Waals surface area contributed by atoms with E-state index < -0.39 is 0 Å². The van der Waals surface area contributed by atoms with Crippen molar-refractivity contribution in [1.82, 2.24) is 15.1 Å². The van der Waals surface area contributed by atoms with E-state index in [0.717, 1.165) is 58.3 Å². The van der Waals surface area contributed by atoms with Crippen LogP contribution >= 0.6 is 12.2 Å². The molecule has 0 unspecified atom stereocenters. The molecule has 1 aromatic carbocycles. The molecule has 0 saturated carbocycles. The summed E-state index contributed by atoms with van der Waals surface area (Å²) in [4.78, 5) is 30.7. The summed E-state index contributed by atoms with van der Waals surface area (Å²) in [5, 5.41) is 16.5. The molecule has 35 heavy (non-hydrogen) atoms. The first-order valence-corrected chi connectivity index (χ1v) is 12.9. The van der Waals surface area contributed by atoms with Crippen molar-refractivity contribution in [1.29, 1.82) is 0 Å². The van der Waals surface area contributed by atoms with Crippen molar-refractivity contribution in [2.24, 2.45) is 0 Å². The number of hydrogen-bond donors (Lipinski definition) is 1. The highest BCUT2D eigenvalue weighted by Crippen LogP contribution is 2.31. The van der Waals surface area contributed by atoms with Gasteiger partial charge in [0.25, 0.3) is 11.6 Å². The molecule has 2 aliphatic rings. The molecular weight excluding hydrogens is 462 g/mol. The quantitative estimate of drug-likeness (QED) is 0.200. The number of rotatable bonds is 12. The van der Waals surface area contributed by atoms with E-state index in [1.165, 1.54) is 17.3 Å². The number of thiocarbonyl (C=S) groups is 1. The van der Waals surface area contributed by atoms with E-state index in [9.17, 15) is 14.9 Å². The molecule has 1 saturated heterocycles. The van der Waals surface area contributed by atoms with Crippen LogP contribution in [0.4, 0.5) is 11.4 Å². The molecule has 0 radical (unpaired) electrons. The molecule has 0 bridgehead atoms. The normalized spacial score (nSPS) is 16.1. The second-order valence-corrected chi connectivity index (χ2v) is 9.54. The van der Waals surface area contributed by atoms with Crippen LogP contribution in [0.3, 0.4) is 0 Å². The van der Waals surface area contributed by atoms with E-state index >= 15 is 0 Å². The summed E-state index contributed by atoms with van der Waals surface area (Å²) in [5.41, 5.74) is 3.48. The number of carbonyl (C=O) groups excluding carboxylic acids is 1. The molecule has 8 nitrogen and oxygen atoms in total. The number of nitro groups is 1. The zero-order valence-electron chi connectivity index (χ0n) is 20.9. The van der Waals surface area contributed by atoms with Crippen molar-refractivity contribution in [2.45, 2.75) is 39.0 Å². The number of benzene rings is 1. The van der Waals surface area contributed by atoms with Gasteiger partial charge in [-0.15, -0.1) is 0 Å². The summed E-state index contributed by atoms with van der Waals surface area (Å²) >= 11 is 4.85. The molecule has 9 heteroatoms. The number of nitro benzene ring substituents is 1. The third-order valence-corrected chi connectivity index (χ3v) is 6.85. The lowest BCUT2D eigenvalue weighted by atomic mass is 10.0. The molecule has 1 amide bonds. The maximum Gasteiger partial charge on any atom is 0.293 e. The highest BCUT2D eigenvalue weighted by molar-refractivity contribution is 7.78. The van der Waals surface area contributed by atoms with Crippen LogP contribution in [0.15, 0.2) is 41.6 Å². The predicted octanol–water partition coefficient (Wildman–Crippen LogP) is 4.17. The highest BCUT2D eigenvalue weighted by Gasteiger charge is 2.26. The number of nitrogens with one attached hydrogen (secondary N) is 1. The van der Waals surface area contributed by atoms with Crippen LogP contribution in [0.1, 0.15) is 49.4 Å². The maximum atomic E-state index is 12.6. The first-order valence-electron chi connectivity index (χ1n) is 12.5. The van der Waals surface area contributed by atoms with Gasteiger partial charge in [0.2, 0.25) is 0 Å². The largest absolute Gasteiger partial charge is 0.368 e. The summed E-state index contributed by atoms with van der Waals surface area (Å²) in [5.74, 6) is -0.278. The SMILES string of the molecule is CC1=CCCC=C1N1CCN(c2ccc(C(=O)NCCCN(C)CCCC=S)cc2[N+](=O)[O-])CC1. The summed E-state index contributed by atoms with van der Waals surface area (Å²) in [7, 11) is 2.05. The van der Waals surface area contributed by atoms with Crippen molar-refractivity contribution in [2.75, 3.05) is 57.8 Å². The molecule has 1 aliphatic carbocycles. The molecule has 1 aromatic rings. The fourth-order valence-electron chi connectivity index (χ4n) is 4.64. The Morgan fingerprint density at radius 3 is 2.51 bits per heavy atom. The fraction of sp³-hybridized carbons (Fsp3) is 0.538. The van der Waals surface area contributed by atoms with Gasteiger partial charge in [-0.25, -0.2) is 0 Å². The van der Waals surface area contributed by atoms with Crippen LogP contribution in [-0.4, -0.2) is 78.9 Å². The van der Waals surface area contributed by atoms with Crippen molar-refractivity contribution in [3.63, 3.8) is 0 Å². The van der Waals surface area contributed by atoms with E-state index in [-0.39, 0.29) is 16.5 Å². The van der Waals surface area contributed by atoms with E-state index in [0.29, 0.717) is 30.9 Å². The molecule has 1 fully saturated rings. The van der Waals surface area contributed by atoms with Crippen LogP contribution in [0.2, 0.25) is 0 Å². The Bertz CT molecular complexity index is 970. The first kappa shape index (κ1) is 26.8. The Kier molecular flexibility index (Phi) is 10.2. The fourth-order valence-corrected chi connectivity index (χ4v) is 4.81. The van der Waals surface area contributed by atoms with Gasteiger partial charge in [0.1, 0.15) is 5.69 Å². The Morgan fingerprint density at radius 1 is 1.14 bits per heavy atom. The molecule has 0 aromatic heterocycles. The summed E-state index contributed by atoms with van der Waals surface area (Å²) in [6.45, 7) is 7.55. The number of unbranched alkanes of at least 4 members (excludes halogenated alkanes) is 1. The van der Waals surface area contributed by atoms with Crippen molar-refractivity contribution in [3.05, 3.63) is 57.3 Å². The minimum absolute atomic E-state index is 0.0164. The van der Waals surface area contributed by atoms with Gasteiger partial charge in [-0.2, -0.15) is 0 Å². The Hall–Kier alpha value is -2.78. The number of carbonyl (C=O) groups is 1. The van der Waals surface area contributed by atoms with E-state index in [4.69, 9.17) is 12.2 Å².